The first-order chi connectivity index (χ1) is 20.8. The number of amides is 4. The number of phenols is 1. The van der Waals surface area contributed by atoms with Gasteiger partial charge in [-0.15, -0.1) is 0 Å². The van der Waals surface area contributed by atoms with Gasteiger partial charge in [0.15, 0.2) is 11.5 Å². The topological polar surface area (TPSA) is 104 Å². The van der Waals surface area contributed by atoms with Crippen molar-refractivity contribution in [2.45, 2.75) is 70.8 Å². The summed E-state index contributed by atoms with van der Waals surface area (Å²) in [7, 11) is 0. The molecular formula is C35H38N2O6. The molecule has 2 aromatic carbocycles. The van der Waals surface area contributed by atoms with Crippen molar-refractivity contribution in [3.63, 3.8) is 0 Å². The summed E-state index contributed by atoms with van der Waals surface area (Å²) in [5.74, 6) is -2.97. The highest BCUT2D eigenvalue weighted by Gasteiger charge is 2.67. The van der Waals surface area contributed by atoms with E-state index in [0.717, 1.165) is 43.2 Å². The molecule has 6 atom stereocenters. The Bertz CT molecular complexity index is 1530. The first kappa shape index (κ1) is 27.9. The van der Waals surface area contributed by atoms with Crippen LogP contribution in [0.2, 0.25) is 0 Å². The fourth-order valence-electron chi connectivity index (χ4n) is 8.92. The fraction of sp³-hybridized carbons (Fsp3) is 0.486. The lowest BCUT2D eigenvalue weighted by Gasteiger charge is -2.49. The van der Waals surface area contributed by atoms with E-state index in [1.54, 1.807) is 35.2 Å². The summed E-state index contributed by atoms with van der Waals surface area (Å²) in [5.41, 5.74) is 1.09. The van der Waals surface area contributed by atoms with E-state index in [0.29, 0.717) is 30.9 Å². The summed E-state index contributed by atoms with van der Waals surface area (Å²) < 4.78 is 5.73. The van der Waals surface area contributed by atoms with E-state index in [9.17, 15) is 24.3 Å². The predicted octanol–water partition coefficient (Wildman–Crippen LogP) is 5.35. The lowest BCUT2D eigenvalue weighted by molar-refractivity contribution is -0.144. The number of carbonyl (C=O) groups is 4. The van der Waals surface area contributed by atoms with Crippen molar-refractivity contribution in [2.24, 2.45) is 29.1 Å². The lowest BCUT2D eigenvalue weighted by atomic mass is 9.51. The number of fused-ring (bicyclic) bond motifs is 4. The Morgan fingerprint density at radius 1 is 0.930 bits per heavy atom. The highest BCUT2D eigenvalue weighted by Crippen LogP contribution is 2.64. The molecule has 2 saturated carbocycles. The van der Waals surface area contributed by atoms with Crippen LogP contribution in [-0.4, -0.2) is 46.3 Å². The number of anilines is 1. The lowest BCUT2D eigenvalue weighted by Crippen LogP contribution is -2.49. The van der Waals surface area contributed by atoms with Crippen molar-refractivity contribution in [3.8, 4) is 11.5 Å². The van der Waals surface area contributed by atoms with Crippen LogP contribution in [0.1, 0.15) is 70.3 Å². The van der Waals surface area contributed by atoms with Crippen LogP contribution < -0.4 is 9.64 Å². The van der Waals surface area contributed by atoms with Gasteiger partial charge in [0.1, 0.15) is 0 Å². The van der Waals surface area contributed by atoms with Gasteiger partial charge in [-0.25, -0.2) is 4.90 Å². The summed E-state index contributed by atoms with van der Waals surface area (Å²) in [6.07, 6.45) is 7.69. The smallest absolute Gasteiger partial charge is 0.241 e. The molecule has 0 spiro atoms. The van der Waals surface area contributed by atoms with E-state index in [-0.39, 0.29) is 41.3 Å². The van der Waals surface area contributed by atoms with E-state index in [4.69, 9.17) is 4.74 Å². The average Bonchev–Trinajstić information content (AvgIpc) is 3.39. The SMILES string of the molecule is CCOc1cc([C@H]2C3=CC[C@@H]4C(=O)N(C5CCCCC5)C(=O)[C@@H]4[C@@H]3C[C@H]3C(=O)N(c4ccccc4)C(=O)[C@@]23C)ccc1O. The van der Waals surface area contributed by atoms with Gasteiger partial charge < -0.3 is 9.84 Å². The second-order valence-electron chi connectivity index (χ2n) is 13.0. The molecule has 0 unspecified atom stereocenters. The number of nitrogens with zero attached hydrogens (tertiary/aromatic N) is 2. The Kier molecular flexibility index (Phi) is 6.71. The molecule has 8 nitrogen and oxygen atoms in total. The molecule has 4 fully saturated rings. The number of hydrogen-bond donors (Lipinski definition) is 1. The minimum atomic E-state index is -1.13. The Morgan fingerprint density at radius 3 is 2.40 bits per heavy atom. The maximum Gasteiger partial charge on any atom is 0.241 e. The summed E-state index contributed by atoms with van der Waals surface area (Å²) in [5, 5.41) is 10.5. The number of ether oxygens (including phenoxy) is 1. The number of likely N-dealkylation sites (tertiary alicyclic amines) is 1. The van der Waals surface area contributed by atoms with Crippen molar-refractivity contribution in [2.75, 3.05) is 11.5 Å². The third-order valence-corrected chi connectivity index (χ3v) is 10.9. The number of phenolic OH excluding ortho intramolecular Hbond substituents is 1. The molecule has 8 heteroatoms. The third kappa shape index (κ3) is 4.01. The van der Waals surface area contributed by atoms with Crippen LogP contribution in [0.25, 0.3) is 0 Å². The zero-order valence-corrected chi connectivity index (χ0v) is 24.7. The van der Waals surface area contributed by atoms with E-state index in [1.807, 2.05) is 32.0 Å². The zero-order chi connectivity index (χ0) is 30.0. The summed E-state index contributed by atoms with van der Waals surface area (Å²) in [4.78, 5) is 59.6. The van der Waals surface area contributed by atoms with Gasteiger partial charge in [0, 0.05) is 12.0 Å². The molecule has 2 aromatic rings. The van der Waals surface area contributed by atoms with E-state index in [2.05, 4.69) is 6.08 Å². The molecule has 1 N–H and O–H groups in total. The van der Waals surface area contributed by atoms with E-state index in [1.165, 1.54) is 4.90 Å². The molecule has 43 heavy (non-hydrogen) atoms. The van der Waals surface area contributed by atoms with Crippen LogP contribution in [0.15, 0.2) is 60.2 Å². The summed E-state index contributed by atoms with van der Waals surface area (Å²) in [6, 6.07) is 14.1. The molecule has 0 bridgehead atoms. The number of para-hydroxylation sites is 1. The Morgan fingerprint density at radius 2 is 1.67 bits per heavy atom. The molecular weight excluding hydrogens is 544 g/mol. The molecule has 0 aromatic heterocycles. The minimum Gasteiger partial charge on any atom is -0.504 e. The van der Waals surface area contributed by atoms with Gasteiger partial charge in [-0.1, -0.05) is 55.2 Å². The Labute approximate surface area is 251 Å². The molecule has 4 amide bonds. The predicted molar refractivity (Wildman–Crippen MR) is 159 cm³/mol. The van der Waals surface area contributed by atoms with Crippen molar-refractivity contribution in [1.29, 1.82) is 0 Å². The van der Waals surface area contributed by atoms with E-state index >= 15 is 0 Å². The molecule has 2 saturated heterocycles. The van der Waals surface area contributed by atoms with Crippen LogP contribution in [0.3, 0.4) is 0 Å². The van der Waals surface area contributed by atoms with Gasteiger partial charge in [0.2, 0.25) is 23.6 Å². The van der Waals surface area contributed by atoms with Crippen LogP contribution in [-0.2, 0) is 19.2 Å². The van der Waals surface area contributed by atoms with Crippen molar-refractivity contribution < 1.29 is 29.0 Å². The highest BCUT2D eigenvalue weighted by molar-refractivity contribution is 6.24. The van der Waals surface area contributed by atoms with Gasteiger partial charge in [0.25, 0.3) is 0 Å². The summed E-state index contributed by atoms with van der Waals surface area (Å²) in [6.45, 7) is 4.06. The van der Waals surface area contributed by atoms with Crippen LogP contribution in [0, 0.1) is 29.1 Å². The molecule has 7 rings (SSSR count). The van der Waals surface area contributed by atoms with Crippen molar-refractivity contribution >= 4 is 29.3 Å². The monoisotopic (exact) mass is 582 g/mol. The van der Waals surface area contributed by atoms with Crippen molar-refractivity contribution in [1.82, 2.24) is 4.90 Å². The molecule has 3 aliphatic carbocycles. The maximum atomic E-state index is 14.5. The molecule has 2 aliphatic heterocycles. The second-order valence-corrected chi connectivity index (χ2v) is 13.0. The van der Waals surface area contributed by atoms with Gasteiger partial charge in [0.05, 0.1) is 35.5 Å². The largest absolute Gasteiger partial charge is 0.504 e. The maximum absolute atomic E-state index is 14.5. The van der Waals surface area contributed by atoms with Gasteiger partial charge in [-0.3, -0.25) is 24.1 Å². The highest BCUT2D eigenvalue weighted by atomic mass is 16.5. The number of imide groups is 2. The van der Waals surface area contributed by atoms with Crippen LogP contribution in [0.4, 0.5) is 5.69 Å². The Balaban J connectivity index is 1.36. The normalized spacial score (nSPS) is 32.4. The van der Waals surface area contributed by atoms with Crippen LogP contribution in [0.5, 0.6) is 11.5 Å². The molecule has 0 radical (unpaired) electrons. The second kappa shape index (κ2) is 10.4. The Hall–Kier alpha value is -3.94. The van der Waals surface area contributed by atoms with E-state index < -0.39 is 29.1 Å². The van der Waals surface area contributed by atoms with Crippen LogP contribution >= 0.6 is 0 Å². The quantitative estimate of drug-likeness (QED) is 0.376. The number of benzene rings is 2. The number of aromatic hydroxyl groups is 1. The minimum absolute atomic E-state index is 0.00298. The number of rotatable bonds is 5. The average molecular weight is 583 g/mol. The first-order valence-electron chi connectivity index (χ1n) is 15.7. The summed E-state index contributed by atoms with van der Waals surface area (Å²) >= 11 is 0. The fourth-order valence-corrected chi connectivity index (χ4v) is 8.92. The number of carbonyl (C=O) groups excluding carboxylic acids is 4. The third-order valence-electron chi connectivity index (χ3n) is 10.9. The first-order valence-corrected chi connectivity index (χ1v) is 15.7. The number of hydrogen-bond acceptors (Lipinski definition) is 6. The standard InChI is InChI=1S/C35H38N2O6/c1-3-43-28-18-20(14-17-27(28)38)30-23-15-16-24-29(33(41)36(31(24)39)21-10-6-4-7-11-21)25(23)19-26-32(40)37(34(42)35(26,30)2)22-12-8-5-9-13-22/h5,8-9,12-15,17-18,21,24-26,29-30,38H,3-4,6-7,10-11,16,19H2,1-2H3/t24-,25+,26-,29-,30-,35+/m0/s1. The molecule has 224 valence electrons. The van der Waals surface area contributed by atoms with Gasteiger partial charge in [-0.2, -0.15) is 0 Å². The zero-order valence-electron chi connectivity index (χ0n) is 24.7. The van der Waals surface area contributed by atoms with Gasteiger partial charge in [-0.05, 0) is 75.3 Å². The van der Waals surface area contributed by atoms with Crippen molar-refractivity contribution in [3.05, 3.63) is 65.7 Å². The van der Waals surface area contributed by atoms with Gasteiger partial charge >= 0.3 is 0 Å². The molecule has 2 heterocycles. The number of allylic oxidation sites excluding steroid dienone is 2. The molecule has 5 aliphatic rings.